The molecule has 0 atom stereocenters. The number of ether oxygens (including phenoxy) is 1. The van der Waals surface area contributed by atoms with Crippen LogP contribution in [0.2, 0.25) is 5.15 Å². The van der Waals surface area contributed by atoms with Gasteiger partial charge in [0.25, 0.3) is 0 Å². The summed E-state index contributed by atoms with van der Waals surface area (Å²) in [5.74, 6) is -0.522. The summed E-state index contributed by atoms with van der Waals surface area (Å²) in [6, 6.07) is 0. The molecule has 3 rings (SSSR count). The van der Waals surface area contributed by atoms with Crippen molar-refractivity contribution in [2.75, 3.05) is 7.11 Å². The van der Waals surface area contributed by atoms with Crippen LogP contribution in [0, 0.1) is 0 Å². The van der Waals surface area contributed by atoms with E-state index in [1.54, 1.807) is 29.2 Å². The Labute approximate surface area is 112 Å². The molecule has 0 aromatic carbocycles. The third-order valence-electron chi connectivity index (χ3n) is 2.68. The van der Waals surface area contributed by atoms with E-state index in [1.165, 1.54) is 7.11 Å². The summed E-state index contributed by atoms with van der Waals surface area (Å²) < 4.78 is 6.41. The highest BCUT2D eigenvalue weighted by Crippen LogP contribution is 2.25. The highest BCUT2D eigenvalue weighted by atomic mass is 35.5. The number of methoxy groups -OCH3 is 1. The van der Waals surface area contributed by atoms with Crippen molar-refractivity contribution < 1.29 is 9.53 Å². The van der Waals surface area contributed by atoms with E-state index in [2.05, 4.69) is 24.9 Å². The highest BCUT2D eigenvalue weighted by Gasteiger charge is 2.19. The van der Waals surface area contributed by atoms with Crippen LogP contribution in [0.25, 0.3) is 16.9 Å². The van der Waals surface area contributed by atoms with Crippen LogP contribution in [0.3, 0.4) is 0 Å². The van der Waals surface area contributed by atoms with Gasteiger partial charge in [0, 0.05) is 18.6 Å². The minimum atomic E-state index is -0.522. The van der Waals surface area contributed by atoms with Gasteiger partial charge in [0.1, 0.15) is 0 Å². The number of H-pyrrole nitrogens is 1. The van der Waals surface area contributed by atoms with E-state index in [9.17, 15) is 4.79 Å². The Hall–Kier alpha value is -2.41. The first-order chi connectivity index (χ1) is 9.22. The summed E-state index contributed by atoms with van der Waals surface area (Å²) >= 11 is 5.95. The van der Waals surface area contributed by atoms with Crippen LogP contribution in [-0.2, 0) is 4.74 Å². The number of nitrogens with one attached hydrogen (secondary N) is 1. The third kappa shape index (κ3) is 1.75. The smallest absolute Gasteiger partial charge is 0.359 e. The molecule has 3 heterocycles. The van der Waals surface area contributed by atoms with Crippen LogP contribution < -0.4 is 0 Å². The lowest BCUT2D eigenvalue weighted by Crippen LogP contribution is -2.04. The lowest BCUT2D eigenvalue weighted by molar-refractivity contribution is 0.0595. The number of rotatable bonds is 2. The van der Waals surface area contributed by atoms with Gasteiger partial charge in [0.05, 0.1) is 24.6 Å². The first-order valence-electron chi connectivity index (χ1n) is 5.32. The molecule has 0 saturated carbocycles. The van der Waals surface area contributed by atoms with Gasteiger partial charge in [-0.2, -0.15) is 5.10 Å². The van der Waals surface area contributed by atoms with Gasteiger partial charge >= 0.3 is 5.97 Å². The van der Waals surface area contributed by atoms with E-state index in [4.69, 9.17) is 11.6 Å². The fraction of sp³-hybridized carbons (Fsp3) is 0.0909. The summed E-state index contributed by atoms with van der Waals surface area (Å²) in [4.78, 5) is 19.7. The molecular formula is C11H8ClN5O2. The zero-order valence-corrected chi connectivity index (χ0v) is 10.5. The van der Waals surface area contributed by atoms with E-state index in [0.717, 1.165) is 0 Å². The Morgan fingerprint density at radius 2 is 2.32 bits per heavy atom. The van der Waals surface area contributed by atoms with E-state index < -0.39 is 5.97 Å². The zero-order valence-electron chi connectivity index (χ0n) is 9.79. The fourth-order valence-electron chi connectivity index (χ4n) is 1.82. The standard InChI is InChI=1S/C11H8ClN5O2/c1-19-11(18)8-6(4-15-16-8)7-5-14-10-9(12)13-2-3-17(7)10/h2-5H,1H3,(H,15,16). The van der Waals surface area contributed by atoms with E-state index >= 15 is 0 Å². The van der Waals surface area contributed by atoms with E-state index in [-0.39, 0.29) is 10.8 Å². The molecule has 0 amide bonds. The summed E-state index contributed by atoms with van der Waals surface area (Å²) in [6.07, 6.45) is 6.46. The number of fused-ring (bicyclic) bond motifs is 1. The Kier molecular flexibility index (Phi) is 2.68. The molecule has 0 aliphatic rings. The molecule has 7 nitrogen and oxygen atoms in total. The molecule has 8 heteroatoms. The largest absolute Gasteiger partial charge is 0.464 e. The predicted molar refractivity (Wildman–Crippen MR) is 66.9 cm³/mol. The Morgan fingerprint density at radius 3 is 3.11 bits per heavy atom. The number of nitrogens with zero attached hydrogens (tertiary/aromatic N) is 4. The monoisotopic (exact) mass is 277 g/mol. The van der Waals surface area contributed by atoms with Crippen molar-refractivity contribution in [1.82, 2.24) is 24.6 Å². The van der Waals surface area contributed by atoms with Crippen LogP contribution in [0.15, 0.2) is 24.8 Å². The van der Waals surface area contributed by atoms with Gasteiger partial charge in [-0.05, 0) is 0 Å². The molecule has 3 aromatic heterocycles. The maximum atomic E-state index is 11.6. The lowest BCUT2D eigenvalue weighted by atomic mass is 10.2. The number of hydrogen-bond acceptors (Lipinski definition) is 5. The molecule has 0 spiro atoms. The number of aromatic amines is 1. The number of imidazole rings is 1. The van der Waals surface area contributed by atoms with Crippen molar-refractivity contribution in [3.05, 3.63) is 35.6 Å². The van der Waals surface area contributed by atoms with Crippen molar-refractivity contribution in [2.24, 2.45) is 0 Å². The second-order valence-corrected chi connectivity index (χ2v) is 4.05. The Bertz CT molecular complexity index is 763. The second kappa shape index (κ2) is 4.36. The second-order valence-electron chi connectivity index (χ2n) is 3.69. The lowest BCUT2D eigenvalue weighted by Gasteiger charge is -2.01. The van der Waals surface area contributed by atoms with Crippen LogP contribution in [-0.4, -0.2) is 37.6 Å². The first-order valence-corrected chi connectivity index (χ1v) is 5.70. The van der Waals surface area contributed by atoms with Gasteiger partial charge in [-0.15, -0.1) is 0 Å². The molecule has 19 heavy (non-hydrogen) atoms. The molecule has 0 aliphatic carbocycles. The first kappa shape index (κ1) is 11.7. The number of aromatic nitrogens is 5. The maximum absolute atomic E-state index is 11.6. The number of esters is 1. The third-order valence-corrected chi connectivity index (χ3v) is 2.95. The molecule has 0 saturated heterocycles. The van der Waals surface area contributed by atoms with Crippen molar-refractivity contribution in [3.8, 4) is 11.3 Å². The molecule has 0 aliphatic heterocycles. The Morgan fingerprint density at radius 1 is 1.47 bits per heavy atom. The molecule has 0 unspecified atom stereocenters. The molecule has 96 valence electrons. The van der Waals surface area contributed by atoms with Crippen molar-refractivity contribution >= 4 is 23.2 Å². The fourth-order valence-corrected chi connectivity index (χ4v) is 2.02. The Balaban J connectivity index is 2.23. The van der Waals surface area contributed by atoms with Gasteiger partial charge in [-0.25, -0.2) is 14.8 Å². The SMILES string of the molecule is COC(=O)c1n[nH]cc1-c1cnc2c(Cl)nccn12. The van der Waals surface area contributed by atoms with Gasteiger partial charge in [0.2, 0.25) is 0 Å². The zero-order chi connectivity index (χ0) is 13.4. The molecule has 0 fully saturated rings. The van der Waals surface area contributed by atoms with E-state index in [1.807, 2.05) is 0 Å². The van der Waals surface area contributed by atoms with Crippen molar-refractivity contribution in [1.29, 1.82) is 0 Å². The maximum Gasteiger partial charge on any atom is 0.359 e. The molecule has 3 aromatic rings. The predicted octanol–water partition coefficient (Wildman–Crippen LogP) is 1.56. The summed E-state index contributed by atoms with van der Waals surface area (Å²) in [7, 11) is 1.30. The molecule has 0 bridgehead atoms. The van der Waals surface area contributed by atoms with Crippen LogP contribution in [0.5, 0.6) is 0 Å². The topological polar surface area (TPSA) is 85.2 Å². The molecule has 1 N–H and O–H groups in total. The highest BCUT2D eigenvalue weighted by molar-refractivity contribution is 6.32. The minimum Gasteiger partial charge on any atom is -0.464 e. The average molecular weight is 278 g/mol. The summed E-state index contributed by atoms with van der Waals surface area (Å²) in [6.45, 7) is 0. The molecule has 0 radical (unpaired) electrons. The van der Waals surface area contributed by atoms with Gasteiger partial charge in [-0.1, -0.05) is 11.6 Å². The minimum absolute atomic E-state index is 0.192. The van der Waals surface area contributed by atoms with E-state index in [0.29, 0.717) is 16.9 Å². The van der Waals surface area contributed by atoms with Crippen molar-refractivity contribution in [3.63, 3.8) is 0 Å². The number of carbonyl (C=O) groups excluding carboxylic acids is 1. The summed E-state index contributed by atoms with van der Waals surface area (Å²) in [5, 5.41) is 6.81. The van der Waals surface area contributed by atoms with Gasteiger partial charge < -0.3 is 4.74 Å². The van der Waals surface area contributed by atoms with Crippen LogP contribution in [0.1, 0.15) is 10.5 Å². The number of halogens is 1. The van der Waals surface area contributed by atoms with Crippen molar-refractivity contribution in [2.45, 2.75) is 0 Å². The average Bonchev–Trinajstić information content (AvgIpc) is 3.04. The summed E-state index contributed by atoms with van der Waals surface area (Å²) in [5.41, 5.74) is 1.96. The normalized spacial score (nSPS) is 10.8. The van der Waals surface area contributed by atoms with Crippen LogP contribution >= 0.6 is 11.6 Å². The van der Waals surface area contributed by atoms with Gasteiger partial charge in [0.15, 0.2) is 16.5 Å². The molecular weight excluding hydrogens is 270 g/mol. The van der Waals surface area contributed by atoms with Gasteiger partial charge in [-0.3, -0.25) is 9.50 Å². The quantitative estimate of drug-likeness (QED) is 0.719. The number of hydrogen-bond donors (Lipinski definition) is 1. The van der Waals surface area contributed by atoms with Crippen LogP contribution in [0.4, 0.5) is 0 Å². The number of carbonyl (C=O) groups is 1.